The van der Waals surface area contributed by atoms with E-state index in [1.165, 1.54) is 0 Å². The second-order valence-electron chi connectivity index (χ2n) is 5.91. The van der Waals surface area contributed by atoms with Gasteiger partial charge in [-0.05, 0) is 43.7 Å². The third-order valence-corrected chi connectivity index (χ3v) is 4.63. The average molecular weight is 291 g/mol. The Morgan fingerprint density at radius 1 is 1.33 bits per heavy atom. The van der Waals surface area contributed by atoms with E-state index in [0.717, 1.165) is 19.3 Å². The number of aliphatic hydroxyl groups excluding tert-OH is 1. The molecule has 4 nitrogen and oxygen atoms in total. The summed E-state index contributed by atoms with van der Waals surface area (Å²) in [7, 11) is 0. The van der Waals surface area contributed by atoms with Crippen molar-refractivity contribution in [3.8, 4) is 5.75 Å². The Morgan fingerprint density at radius 3 is 2.48 bits per heavy atom. The van der Waals surface area contributed by atoms with Crippen molar-refractivity contribution in [1.29, 1.82) is 0 Å². The van der Waals surface area contributed by atoms with Crippen LogP contribution in [0.2, 0.25) is 0 Å². The fourth-order valence-corrected chi connectivity index (χ4v) is 2.84. The molecule has 0 spiro atoms. The van der Waals surface area contributed by atoms with Crippen LogP contribution in [-0.4, -0.2) is 41.7 Å². The Labute approximate surface area is 126 Å². The van der Waals surface area contributed by atoms with Gasteiger partial charge in [-0.3, -0.25) is 4.79 Å². The zero-order valence-electron chi connectivity index (χ0n) is 12.9. The standard InChI is InChI=1S/C17H25NO3/c1-3-17(13-19)9-11-18(12-10-17)16(20)14(2)21-15-7-5-4-6-8-15/h4-8,14,19H,3,9-13H2,1-2H3. The second kappa shape index (κ2) is 6.94. The molecule has 0 aliphatic carbocycles. The highest BCUT2D eigenvalue weighted by atomic mass is 16.5. The zero-order valence-corrected chi connectivity index (χ0v) is 12.9. The minimum Gasteiger partial charge on any atom is -0.481 e. The molecule has 1 aliphatic rings. The molecule has 1 heterocycles. The maximum Gasteiger partial charge on any atom is 0.263 e. The number of likely N-dealkylation sites (tertiary alicyclic amines) is 1. The summed E-state index contributed by atoms with van der Waals surface area (Å²) >= 11 is 0. The average Bonchev–Trinajstić information content (AvgIpc) is 2.55. The van der Waals surface area contributed by atoms with Crippen LogP contribution in [0.15, 0.2) is 30.3 Å². The van der Waals surface area contributed by atoms with Gasteiger partial charge >= 0.3 is 0 Å². The highest BCUT2D eigenvalue weighted by Gasteiger charge is 2.35. The van der Waals surface area contributed by atoms with Gasteiger partial charge in [0.05, 0.1) is 0 Å². The summed E-state index contributed by atoms with van der Waals surface area (Å²) in [5.74, 6) is 0.745. The fourth-order valence-electron chi connectivity index (χ4n) is 2.84. The number of rotatable bonds is 5. The van der Waals surface area contributed by atoms with E-state index in [2.05, 4.69) is 6.92 Å². The molecule has 1 amide bonds. The van der Waals surface area contributed by atoms with E-state index in [-0.39, 0.29) is 17.9 Å². The number of para-hydroxylation sites is 1. The van der Waals surface area contributed by atoms with Crippen LogP contribution in [0.3, 0.4) is 0 Å². The zero-order chi connectivity index (χ0) is 15.3. The summed E-state index contributed by atoms with van der Waals surface area (Å²) in [6.45, 7) is 5.52. The van der Waals surface area contributed by atoms with Crippen LogP contribution in [0.25, 0.3) is 0 Å². The topological polar surface area (TPSA) is 49.8 Å². The van der Waals surface area contributed by atoms with Crippen molar-refractivity contribution in [2.24, 2.45) is 5.41 Å². The molecule has 1 aliphatic heterocycles. The van der Waals surface area contributed by atoms with Crippen molar-refractivity contribution in [2.45, 2.75) is 39.2 Å². The Kier molecular flexibility index (Phi) is 5.23. The Morgan fingerprint density at radius 2 is 1.95 bits per heavy atom. The van der Waals surface area contributed by atoms with E-state index in [4.69, 9.17) is 4.74 Å². The molecule has 0 saturated carbocycles. The van der Waals surface area contributed by atoms with Crippen LogP contribution in [0.4, 0.5) is 0 Å². The van der Waals surface area contributed by atoms with Crippen LogP contribution >= 0.6 is 0 Å². The number of carbonyl (C=O) groups is 1. The maximum absolute atomic E-state index is 12.4. The number of aliphatic hydroxyl groups is 1. The third kappa shape index (κ3) is 3.76. The van der Waals surface area contributed by atoms with Crippen molar-refractivity contribution < 1.29 is 14.6 Å². The first kappa shape index (κ1) is 15.8. The van der Waals surface area contributed by atoms with Gasteiger partial charge in [0, 0.05) is 19.7 Å². The van der Waals surface area contributed by atoms with Crippen LogP contribution < -0.4 is 4.74 Å². The lowest BCUT2D eigenvalue weighted by Crippen LogP contribution is -2.48. The first-order chi connectivity index (χ1) is 10.1. The Balaban J connectivity index is 1.89. The van der Waals surface area contributed by atoms with Gasteiger partial charge in [0.15, 0.2) is 6.10 Å². The summed E-state index contributed by atoms with van der Waals surface area (Å²) in [5, 5.41) is 9.54. The van der Waals surface area contributed by atoms with Gasteiger partial charge < -0.3 is 14.7 Å². The van der Waals surface area contributed by atoms with Crippen molar-refractivity contribution in [3.63, 3.8) is 0 Å². The largest absolute Gasteiger partial charge is 0.481 e. The van der Waals surface area contributed by atoms with Crippen molar-refractivity contribution >= 4 is 5.91 Å². The quantitative estimate of drug-likeness (QED) is 0.906. The van der Waals surface area contributed by atoms with Crippen molar-refractivity contribution in [2.75, 3.05) is 19.7 Å². The molecule has 1 saturated heterocycles. The molecule has 1 aromatic rings. The van der Waals surface area contributed by atoms with E-state index in [0.29, 0.717) is 18.8 Å². The summed E-state index contributed by atoms with van der Waals surface area (Å²) in [4.78, 5) is 14.3. The van der Waals surface area contributed by atoms with Crippen molar-refractivity contribution in [3.05, 3.63) is 30.3 Å². The fraction of sp³-hybridized carbons (Fsp3) is 0.588. The molecule has 0 radical (unpaired) electrons. The first-order valence-corrected chi connectivity index (χ1v) is 7.71. The molecule has 116 valence electrons. The van der Waals surface area contributed by atoms with Crippen LogP contribution in [0.1, 0.15) is 33.1 Å². The minimum absolute atomic E-state index is 0.000303. The molecular formula is C17H25NO3. The summed E-state index contributed by atoms with van der Waals surface area (Å²) in [6.07, 6.45) is 2.21. The monoisotopic (exact) mass is 291 g/mol. The SMILES string of the molecule is CCC1(CO)CCN(C(=O)C(C)Oc2ccccc2)CC1. The van der Waals surface area contributed by atoms with Crippen LogP contribution in [-0.2, 0) is 4.79 Å². The number of nitrogens with zero attached hydrogens (tertiary/aromatic N) is 1. The lowest BCUT2D eigenvalue weighted by molar-refractivity contribution is -0.140. The van der Waals surface area contributed by atoms with Crippen LogP contribution in [0.5, 0.6) is 5.75 Å². The molecule has 1 aromatic carbocycles. The number of benzene rings is 1. The van der Waals surface area contributed by atoms with E-state index in [1.807, 2.05) is 35.2 Å². The molecule has 0 aromatic heterocycles. The number of carbonyl (C=O) groups excluding carboxylic acids is 1. The van der Waals surface area contributed by atoms with Gasteiger partial charge in [-0.15, -0.1) is 0 Å². The smallest absolute Gasteiger partial charge is 0.263 e. The third-order valence-electron chi connectivity index (χ3n) is 4.63. The lowest BCUT2D eigenvalue weighted by Gasteiger charge is -2.40. The summed E-state index contributed by atoms with van der Waals surface area (Å²) < 4.78 is 5.69. The Hall–Kier alpha value is -1.55. The van der Waals surface area contributed by atoms with E-state index in [9.17, 15) is 9.90 Å². The number of ether oxygens (including phenoxy) is 1. The molecule has 2 rings (SSSR count). The second-order valence-corrected chi connectivity index (χ2v) is 5.91. The van der Waals surface area contributed by atoms with Crippen LogP contribution in [0, 0.1) is 5.41 Å². The minimum atomic E-state index is -0.476. The van der Waals surface area contributed by atoms with Gasteiger partial charge in [0.2, 0.25) is 0 Å². The molecule has 0 bridgehead atoms. The van der Waals surface area contributed by atoms with Crippen molar-refractivity contribution in [1.82, 2.24) is 4.90 Å². The lowest BCUT2D eigenvalue weighted by atomic mass is 9.77. The predicted molar refractivity (Wildman–Crippen MR) is 82.2 cm³/mol. The van der Waals surface area contributed by atoms with E-state index >= 15 is 0 Å². The highest BCUT2D eigenvalue weighted by Crippen LogP contribution is 2.34. The molecule has 21 heavy (non-hydrogen) atoms. The van der Waals surface area contributed by atoms with E-state index < -0.39 is 6.10 Å². The highest BCUT2D eigenvalue weighted by molar-refractivity contribution is 5.81. The number of hydrogen-bond donors (Lipinski definition) is 1. The molecule has 1 atom stereocenters. The molecule has 1 unspecified atom stereocenters. The number of hydrogen-bond acceptors (Lipinski definition) is 3. The predicted octanol–water partition coefficient (Wildman–Crippen LogP) is 2.47. The number of amides is 1. The molecular weight excluding hydrogens is 266 g/mol. The summed E-state index contributed by atoms with van der Waals surface area (Å²) in [5.41, 5.74) is 0.000303. The molecule has 4 heteroatoms. The maximum atomic E-state index is 12.4. The van der Waals surface area contributed by atoms with Gasteiger partial charge in [-0.2, -0.15) is 0 Å². The van der Waals surface area contributed by atoms with Gasteiger partial charge in [-0.1, -0.05) is 25.1 Å². The molecule has 1 fully saturated rings. The van der Waals surface area contributed by atoms with Gasteiger partial charge in [0.1, 0.15) is 5.75 Å². The number of piperidine rings is 1. The van der Waals surface area contributed by atoms with Gasteiger partial charge in [0.25, 0.3) is 5.91 Å². The molecule has 1 N–H and O–H groups in total. The summed E-state index contributed by atoms with van der Waals surface area (Å²) in [6, 6.07) is 9.42. The van der Waals surface area contributed by atoms with E-state index in [1.54, 1.807) is 6.92 Å². The Bertz CT molecular complexity index is 446. The first-order valence-electron chi connectivity index (χ1n) is 7.71. The van der Waals surface area contributed by atoms with Gasteiger partial charge in [-0.25, -0.2) is 0 Å². The normalized spacial score (nSPS) is 19.1.